The number of carbonyl (C=O) groups is 1. The fourth-order valence-electron chi connectivity index (χ4n) is 1.89. The standard InChI is InChI=1S/C7H11NO/c9-4-7-3-5-1-6(2-5)8-7/h4-8H,1-3H2. The lowest BCUT2D eigenvalue weighted by Gasteiger charge is -2.44. The van der Waals surface area contributed by atoms with Gasteiger partial charge in [-0.25, -0.2) is 0 Å². The number of hydrogen-bond acceptors (Lipinski definition) is 2. The van der Waals surface area contributed by atoms with Crippen molar-refractivity contribution in [1.29, 1.82) is 0 Å². The van der Waals surface area contributed by atoms with Crippen LogP contribution in [0.5, 0.6) is 0 Å². The van der Waals surface area contributed by atoms with Crippen molar-refractivity contribution in [1.82, 2.24) is 5.32 Å². The first kappa shape index (κ1) is 5.42. The van der Waals surface area contributed by atoms with Crippen LogP contribution in [-0.4, -0.2) is 18.4 Å². The molecule has 2 nitrogen and oxygen atoms in total. The van der Waals surface area contributed by atoms with E-state index in [9.17, 15) is 4.79 Å². The third-order valence-electron chi connectivity index (χ3n) is 2.44. The van der Waals surface area contributed by atoms with Crippen LogP contribution >= 0.6 is 0 Å². The van der Waals surface area contributed by atoms with Gasteiger partial charge in [0.15, 0.2) is 0 Å². The van der Waals surface area contributed by atoms with E-state index in [4.69, 9.17) is 0 Å². The van der Waals surface area contributed by atoms with Gasteiger partial charge >= 0.3 is 0 Å². The Morgan fingerprint density at radius 1 is 1.33 bits per heavy atom. The van der Waals surface area contributed by atoms with Gasteiger partial charge in [0, 0.05) is 6.04 Å². The Bertz CT molecular complexity index is 119. The zero-order valence-electron chi connectivity index (χ0n) is 5.34. The Morgan fingerprint density at radius 3 is 2.44 bits per heavy atom. The average Bonchev–Trinajstić information content (AvgIpc) is 1.87. The molecular weight excluding hydrogens is 114 g/mol. The molecule has 3 rings (SSSR count). The van der Waals surface area contributed by atoms with Gasteiger partial charge in [-0.1, -0.05) is 0 Å². The first-order chi connectivity index (χ1) is 4.38. The van der Waals surface area contributed by atoms with Crippen molar-refractivity contribution in [3.05, 3.63) is 0 Å². The number of carbonyl (C=O) groups excluding carboxylic acids is 1. The number of fused-ring (bicyclic) bond motifs is 2. The van der Waals surface area contributed by atoms with Crippen LogP contribution in [-0.2, 0) is 4.79 Å². The van der Waals surface area contributed by atoms with Crippen LogP contribution in [0.2, 0.25) is 0 Å². The smallest absolute Gasteiger partial charge is 0.136 e. The van der Waals surface area contributed by atoms with Crippen molar-refractivity contribution < 1.29 is 4.79 Å². The molecule has 9 heavy (non-hydrogen) atoms. The normalized spacial score (nSPS) is 47.8. The van der Waals surface area contributed by atoms with Crippen molar-refractivity contribution in [3.63, 3.8) is 0 Å². The molecule has 1 atom stereocenters. The van der Waals surface area contributed by atoms with Crippen LogP contribution in [0.25, 0.3) is 0 Å². The highest BCUT2D eigenvalue weighted by molar-refractivity contribution is 5.58. The topological polar surface area (TPSA) is 29.1 Å². The number of rotatable bonds is 1. The lowest BCUT2D eigenvalue weighted by molar-refractivity contribution is -0.111. The molecule has 0 spiro atoms. The van der Waals surface area contributed by atoms with E-state index in [2.05, 4.69) is 5.32 Å². The van der Waals surface area contributed by atoms with E-state index >= 15 is 0 Å². The maximum absolute atomic E-state index is 10.3. The largest absolute Gasteiger partial charge is 0.305 e. The highest BCUT2D eigenvalue weighted by atomic mass is 16.1. The summed E-state index contributed by atoms with van der Waals surface area (Å²) < 4.78 is 0. The maximum atomic E-state index is 10.3. The maximum Gasteiger partial charge on any atom is 0.136 e. The van der Waals surface area contributed by atoms with E-state index in [0.717, 1.165) is 18.6 Å². The minimum Gasteiger partial charge on any atom is -0.305 e. The second-order valence-electron chi connectivity index (χ2n) is 3.18. The molecule has 0 amide bonds. The molecule has 0 aromatic carbocycles. The summed E-state index contributed by atoms with van der Waals surface area (Å²) in [7, 11) is 0. The van der Waals surface area contributed by atoms with Crippen LogP contribution in [0.4, 0.5) is 0 Å². The van der Waals surface area contributed by atoms with Crippen molar-refractivity contribution in [2.24, 2.45) is 5.92 Å². The van der Waals surface area contributed by atoms with E-state index in [1.807, 2.05) is 0 Å². The van der Waals surface area contributed by atoms with Gasteiger partial charge in [-0.05, 0) is 25.2 Å². The average molecular weight is 125 g/mol. The Labute approximate surface area is 54.6 Å². The van der Waals surface area contributed by atoms with Crippen LogP contribution in [0.3, 0.4) is 0 Å². The molecule has 0 aromatic heterocycles. The summed E-state index contributed by atoms with van der Waals surface area (Å²) in [4.78, 5) is 10.3. The van der Waals surface area contributed by atoms with Crippen molar-refractivity contribution >= 4 is 6.29 Å². The molecule has 2 aliphatic heterocycles. The summed E-state index contributed by atoms with van der Waals surface area (Å²) in [5, 5.41) is 3.26. The highest BCUT2D eigenvalue weighted by Crippen LogP contribution is 2.35. The third kappa shape index (κ3) is 0.778. The molecule has 2 saturated heterocycles. The van der Waals surface area contributed by atoms with Gasteiger partial charge in [0.05, 0.1) is 6.04 Å². The lowest BCUT2D eigenvalue weighted by atomic mass is 9.72. The monoisotopic (exact) mass is 125 g/mol. The molecule has 1 N–H and O–H groups in total. The van der Waals surface area contributed by atoms with E-state index < -0.39 is 0 Å². The third-order valence-corrected chi connectivity index (χ3v) is 2.44. The van der Waals surface area contributed by atoms with Crippen LogP contribution in [0, 0.1) is 5.92 Å². The molecule has 3 aliphatic rings. The number of piperidine rings is 2. The second-order valence-corrected chi connectivity index (χ2v) is 3.18. The van der Waals surface area contributed by atoms with Gasteiger partial charge < -0.3 is 10.1 Å². The summed E-state index contributed by atoms with van der Waals surface area (Å²) in [6.07, 6.45) is 4.74. The van der Waals surface area contributed by atoms with Crippen molar-refractivity contribution in [2.75, 3.05) is 0 Å². The molecule has 1 saturated carbocycles. The Hall–Kier alpha value is -0.370. The fraction of sp³-hybridized carbons (Fsp3) is 0.857. The lowest BCUT2D eigenvalue weighted by Crippen LogP contribution is -2.54. The van der Waals surface area contributed by atoms with E-state index in [1.54, 1.807) is 0 Å². The predicted octanol–water partition coefficient (Wildman–Crippen LogP) is 0.326. The van der Waals surface area contributed by atoms with Gasteiger partial charge in [-0.3, -0.25) is 0 Å². The second kappa shape index (κ2) is 1.81. The molecule has 0 radical (unpaired) electrons. The first-order valence-corrected chi connectivity index (χ1v) is 3.60. The van der Waals surface area contributed by atoms with Crippen LogP contribution in [0.15, 0.2) is 0 Å². The Balaban J connectivity index is 1.96. The highest BCUT2D eigenvalue weighted by Gasteiger charge is 2.37. The van der Waals surface area contributed by atoms with Gasteiger partial charge in [-0.15, -0.1) is 0 Å². The predicted molar refractivity (Wildman–Crippen MR) is 34.1 cm³/mol. The Kier molecular flexibility index (Phi) is 1.09. The SMILES string of the molecule is O=CC1CC2CC(C2)N1. The number of nitrogens with one attached hydrogen (secondary N) is 1. The molecule has 3 fully saturated rings. The van der Waals surface area contributed by atoms with E-state index in [0.29, 0.717) is 6.04 Å². The quantitative estimate of drug-likeness (QED) is 0.511. The Morgan fingerprint density at radius 2 is 2.11 bits per heavy atom. The summed E-state index contributed by atoms with van der Waals surface area (Å²) >= 11 is 0. The van der Waals surface area contributed by atoms with Crippen LogP contribution < -0.4 is 5.32 Å². The number of aldehydes is 1. The van der Waals surface area contributed by atoms with Crippen molar-refractivity contribution in [2.45, 2.75) is 31.3 Å². The first-order valence-electron chi connectivity index (χ1n) is 3.60. The summed E-state index contributed by atoms with van der Waals surface area (Å²) in [6, 6.07) is 0.862. The molecule has 1 unspecified atom stereocenters. The molecule has 2 heterocycles. The van der Waals surface area contributed by atoms with Gasteiger partial charge in [0.1, 0.15) is 6.29 Å². The molecular formula is C7H11NO. The zero-order valence-corrected chi connectivity index (χ0v) is 5.34. The molecule has 2 heteroatoms. The van der Waals surface area contributed by atoms with Gasteiger partial charge in [0.2, 0.25) is 0 Å². The van der Waals surface area contributed by atoms with Crippen molar-refractivity contribution in [3.8, 4) is 0 Å². The molecule has 0 aromatic rings. The van der Waals surface area contributed by atoms with Crippen LogP contribution in [0.1, 0.15) is 19.3 Å². The van der Waals surface area contributed by atoms with Gasteiger partial charge in [-0.2, -0.15) is 0 Å². The summed E-state index contributed by atoms with van der Waals surface area (Å²) in [5.41, 5.74) is 0. The molecule has 50 valence electrons. The fourth-order valence-corrected chi connectivity index (χ4v) is 1.89. The summed E-state index contributed by atoms with van der Waals surface area (Å²) in [6.45, 7) is 0. The number of hydrogen-bond donors (Lipinski definition) is 1. The van der Waals surface area contributed by atoms with E-state index in [-0.39, 0.29) is 6.04 Å². The van der Waals surface area contributed by atoms with Gasteiger partial charge in [0.25, 0.3) is 0 Å². The molecule has 2 bridgehead atoms. The zero-order chi connectivity index (χ0) is 6.27. The summed E-state index contributed by atoms with van der Waals surface area (Å²) in [5.74, 6) is 0.867. The minimum atomic E-state index is 0.183. The van der Waals surface area contributed by atoms with E-state index in [1.165, 1.54) is 12.8 Å². The molecule has 1 aliphatic carbocycles. The minimum absolute atomic E-state index is 0.183.